The molecule has 7 heteroatoms. The second-order valence-corrected chi connectivity index (χ2v) is 8.45. The molecule has 0 aliphatic heterocycles. The van der Waals surface area contributed by atoms with Gasteiger partial charge >= 0.3 is 0 Å². The molecule has 0 atom stereocenters. The SMILES string of the molecule is CCc1nc(N(CCC(=O)Nc2cccc(F)c2)CCc2ccccc2)c2ccc(Cl)cc2n1. The molecule has 0 radical (unpaired) electrons. The summed E-state index contributed by atoms with van der Waals surface area (Å²) in [5.74, 6) is 0.930. The van der Waals surface area contributed by atoms with Crippen molar-refractivity contribution in [3.63, 3.8) is 0 Å². The highest BCUT2D eigenvalue weighted by molar-refractivity contribution is 6.31. The maximum absolute atomic E-state index is 13.5. The van der Waals surface area contributed by atoms with Gasteiger partial charge in [0, 0.05) is 42.0 Å². The third-order valence-electron chi connectivity index (χ3n) is 5.53. The zero-order valence-electron chi connectivity index (χ0n) is 19.0. The minimum absolute atomic E-state index is 0.188. The summed E-state index contributed by atoms with van der Waals surface area (Å²) in [4.78, 5) is 24.2. The molecule has 4 rings (SSSR count). The van der Waals surface area contributed by atoms with E-state index in [0.717, 1.165) is 29.0 Å². The van der Waals surface area contributed by atoms with Crippen molar-refractivity contribution >= 4 is 39.9 Å². The molecule has 3 aromatic carbocycles. The van der Waals surface area contributed by atoms with Crippen LogP contribution in [0.2, 0.25) is 5.02 Å². The quantitative estimate of drug-likeness (QED) is 0.319. The number of nitrogens with zero attached hydrogens (tertiary/aromatic N) is 3. The molecule has 1 amide bonds. The van der Waals surface area contributed by atoms with Crippen molar-refractivity contribution < 1.29 is 9.18 Å². The number of fused-ring (bicyclic) bond motifs is 1. The summed E-state index contributed by atoms with van der Waals surface area (Å²) in [5.41, 5.74) is 2.42. The van der Waals surface area contributed by atoms with Gasteiger partial charge in [-0.2, -0.15) is 0 Å². The van der Waals surface area contributed by atoms with Crippen molar-refractivity contribution in [3.8, 4) is 0 Å². The van der Waals surface area contributed by atoms with Gasteiger partial charge in [-0.15, -0.1) is 0 Å². The highest BCUT2D eigenvalue weighted by Gasteiger charge is 2.17. The van der Waals surface area contributed by atoms with E-state index in [1.807, 2.05) is 43.3 Å². The summed E-state index contributed by atoms with van der Waals surface area (Å²) in [6, 6.07) is 21.7. The Morgan fingerprint density at radius 1 is 1.00 bits per heavy atom. The van der Waals surface area contributed by atoms with E-state index in [4.69, 9.17) is 16.6 Å². The van der Waals surface area contributed by atoms with Crippen LogP contribution in [0.1, 0.15) is 24.7 Å². The number of carbonyl (C=O) groups excluding carboxylic acids is 1. The molecule has 5 nitrogen and oxygen atoms in total. The van der Waals surface area contributed by atoms with E-state index in [1.165, 1.54) is 17.7 Å². The Kier molecular flexibility index (Phi) is 7.70. The zero-order chi connectivity index (χ0) is 23.9. The largest absolute Gasteiger partial charge is 0.355 e. The fourth-order valence-electron chi connectivity index (χ4n) is 3.79. The van der Waals surface area contributed by atoms with E-state index in [1.54, 1.807) is 12.1 Å². The number of carbonyl (C=O) groups is 1. The highest BCUT2D eigenvalue weighted by atomic mass is 35.5. The third-order valence-corrected chi connectivity index (χ3v) is 5.77. The number of benzene rings is 3. The molecule has 0 bridgehead atoms. The van der Waals surface area contributed by atoms with Crippen molar-refractivity contribution in [2.45, 2.75) is 26.2 Å². The number of halogens is 2. The van der Waals surface area contributed by atoms with Gasteiger partial charge in [0.1, 0.15) is 17.5 Å². The van der Waals surface area contributed by atoms with Crippen LogP contribution in [0.15, 0.2) is 72.8 Å². The van der Waals surface area contributed by atoms with Crippen molar-refractivity contribution in [3.05, 3.63) is 95.0 Å². The van der Waals surface area contributed by atoms with Gasteiger partial charge in [-0.05, 0) is 48.4 Å². The van der Waals surface area contributed by atoms with Crippen molar-refractivity contribution in [1.29, 1.82) is 0 Å². The standard InChI is InChI=1S/C27H26ClFN4O/c1-2-25-31-24-17-20(28)11-12-23(24)27(32-25)33(15-13-19-7-4-3-5-8-19)16-14-26(34)30-22-10-6-9-21(29)18-22/h3-12,17-18H,2,13-16H2,1H3,(H,30,34). The van der Waals surface area contributed by atoms with Gasteiger partial charge in [-0.3, -0.25) is 4.79 Å². The topological polar surface area (TPSA) is 58.1 Å². The monoisotopic (exact) mass is 476 g/mol. The first-order valence-electron chi connectivity index (χ1n) is 11.3. The summed E-state index contributed by atoms with van der Waals surface area (Å²) < 4.78 is 13.5. The van der Waals surface area contributed by atoms with Crippen molar-refractivity contribution in [2.24, 2.45) is 0 Å². The Labute approximate surface area is 203 Å². The fraction of sp³-hybridized carbons (Fsp3) is 0.222. The van der Waals surface area contributed by atoms with Crippen LogP contribution in [0.4, 0.5) is 15.9 Å². The molecule has 0 aliphatic rings. The van der Waals surface area contributed by atoms with Crippen LogP contribution >= 0.6 is 11.6 Å². The second kappa shape index (κ2) is 11.1. The maximum Gasteiger partial charge on any atom is 0.226 e. The van der Waals surface area contributed by atoms with Gasteiger partial charge < -0.3 is 10.2 Å². The van der Waals surface area contributed by atoms with Crippen LogP contribution in [0, 0.1) is 5.82 Å². The normalized spacial score (nSPS) is 10.9. The molecular formula is C27H26ClFN4O. The molecule has 0 spiro atoms. The number of hydrogen-bond acceptors (Lipinski definition) is 4. The zero-order valence-corrected chi connectivity index (χ0v) is 19.7. The lowest BCUT2D eigenvalue weighted by Gasteiger charge is -2.25. The summed E-state index contributed by atoms with van der Waals surface area (Å²) in [5, 5.41) is 4.28. The van der Waals surface area contributed by atoms with Crippen LogP contribution in [0.3, 0.4) is 0 Å². The molecule has 0 saturated heterocycles. The van der Waals surface area contributed by atoms with Crippen molar-refractivity contribution in [1.82, 2.24) is 9.97 Å². The molecule has 1 N–H and O–H groups in total. The van der Waals surface area contributed by atoms with Gasteiger partial charge in [0.05, 0.1) is 5.52 Å². The molecule has 0 fully saturated rings. The Hall–Kier alpha value is -3.51. The van der Waals surface area contributed by atoms with Gasteiger partial charge in [0.25, 0.3) is 0 Å². The molecule has 1 heterocycles. The second-order valence-electron chi connectivity index (χ2n) is 8.01. The van der Waals surface area contributed by atoms with Crippen LogP contribution < -0.4 is 10.2 Å². The Morgan fingerprint density at radius 3 is 2.59 bits per heavy atom. The minimum Gasteiger partial charge on any atom is -0.355 e. The maximum atomic E-state index is 13.5. The lowest BCUT2D eigenvalue weighted by molar-refractivity contribution is -0.116. The predicted octanol–water partition coefficient (Wildman–Crippen LogP) is 6.06. The van der Waals surface area contributed by atoms with E-state index >= 15 is 0 Å². The Morgan fingerprint density at radius 2 is 1.82 bits per heavy atom. The molecule has 1 aromatic heterocycles. The number of nitrogens with one attached hydrogen (secondary N) is 1. The van der Waals surface area contributed by atoms with Crippen LogP contribution in [-0.2, 0) is 17.6 Å². The Bertz CT molecular complexity index is 1280. The van der Waals surface area contributed by atoms with Gasteiger partial charge in [-0.1, -0.05) is 54.9 Å². The molecule has 34 heavy (non-hydrogen) atoms. The number of anilines is 2. The van der Waals surface area contributed by atoms with Crippen molar-refractivity contribution in [2.75, 3.05) is 23.3 Å². The van der Waals surface area contributed by atoms with Crippen LogP contribution in [0.5, 0.6) is 0 Å². The summed E-state index contributed by atoms with van der Waals surface area (Å²) in [7, 11) is 0. The van der Waals surface area contributed by atoms with Gasteiger partial charge in [0.15, 0.2) is 0 Å². The number of aryl methyl sites for hydroxylation is 1. The third kappa shape index (κ3) is 6.08. The minimum atomic E-state index is -0.388. The van der Waals surface area contributed by atoms with E-state index in [2.05, 4.69) is 27.3 Å². The van der Waals surface area contributed by atoms with E-state index in [9.17, 15) is 9.18 Å². The first kappa shape index (κ1) is 23.6. The number of aromatic nitrogens is 2. The van der Waals surface area contributed by atoms with E-state index < -0.39 is 0 Å². The lowest BCUT2D eigenvalue weighted by Crippen LogP contribution is -2.31. The first-order valence-corrected chi connectivity index (χ1v) is 11.7. The van der Waals surface area contributed by atoms with Crippen LogP contribution in [-0.4, -0.2) is 29.0 Å². The molecular weight excluding hydrogens is 451 g/mol. The van der Waals surface area contributed by atoms with E-state index in [0.29, 0.717) is 30.2 Å². The van der Waals surface area contributed by atoms with E-state index in [-0.39, 0.29) is 18.1 Å². The lowest BCUT2D eigenvalue weighted by atomic mass is 10.1. The first-order chi connectivity index (χ1) is 16.5. The number of amides is 1. The van der Waals surface area contributed by atoms with Gasteiger partial charge in [0.2, 0.25) is 5.91 Å². The average molecular weight is 477 g/mol. The predicted molar refractivity (Wildman–Crippen MR) is 136 cm³/mol. The summed E-state index contributed by atoms with van der Waals surface area (Å²) >= 11 is 6.22. The molecule has 0 unspecified atom stereocenters. The fourth-order valence-corrected chi connectivity index (χ4v) is 3.96. The molecule has 4 aromatic rings. The highest BCUT2D eigenvalue weighted by Crippen LogP contribution is 2.27. The average Bonchev–Trinajstić information content (AvgIpc) is 2.84. The molecule has 0 aliphatic carbocycles. The molecule has 174 valence electrons. The summed E-state index contributed by atoms with van der Waals surface area (Å²) in [6.45, 7) is 3.14. The number of hydrogen-bond donors (Lipinski definition) is 1. The number of rotatable bonds is 9. The van der Waals surface area contributed by atoms with Crippen LogP contribution in [0.25, 0.3) is 10.9 Å². The Balaban J connectivity index is 1.59. The van der Waals surface area contributed by atoms with Gasteiger partial charge in [-0.25, -0.2) is 14.4 Å². The summed E-state index contributed by atoms with van der Waals surface area (Å²) in [6.07, 6.45) is 1.71. The smallest absolute Gasteiger partial charge is 0.226 e. The molecule has 0 saturated carbocycles.